The third kappa shape index (κ3) is 6.42. The molecule has 0 saturated carbocycles. The summed E-state index contributed by atoms with van der Waals surface area (Å²) in [7, 11) is 0. The smallest absolute Gasteiger partial charge is 0.224 e. The number of nitrogens with one attached hydrogen (secondary N) is 1. The Morgan fingerprint density at radius 1 is 1.20 bits per heavy atom. The molecule has 3 rings (SSSR count). The van der Waals surface area contributed by atoms with Crippen molar-refractivity contribution in [3.63, 3.8) is 0 Å². The van der Waals surface area contributed by atoms with Gasteiger partial charge in [-0.1, -0.05) is 24.3 Å². The molecule has 2 aliphatic heterocycles. The molecule has 1 aromatic carbocycles. The highest BCUT2D eigenvalue weighted by molar-refractivity contribution is 5.85. The second-order valence-electron chi connectivity index (χ2n) is 6.51. The molecule has 0 radical (unpaired) electrons. The van der Waals surface area contributed by atoms with E-state index in [-0.39, 0.29) is 36.8 Å². The lowest BCUT2D eigenvalue weighted by molar-refractivity contribution is -0.134. The van der Waals surface area contributed by atoms with E-state index in [0.29, 0.717) is 13.0 Å². The van der Waals surface area contributed by atoms with Crippen molar-refractivity contribution in [1.29, 1.82) is 0 Å². The van der Waals surface area contributed by atoms with Gasteiger partial charge < -0.3 is 15.0 Å². The van der Waals surface area contributed by atoms with Gasteiger partial charge in [-0.25, -0.2) is 0 Å². The number of hydrogen-bond acceptors (Lipinski definition) is 4. The lowest BCUT2D eigenvalue weighted by Crippen LogP contribution is -2.51. The predicted octanol–water partition coefficient (Wildman–Crippen LogP) is 1.86. The molecule has 1 aromatic rings. The largest absolute Gasteiger partial charge is 0.378 e. The average molecular weight is 390 g/mol. The third-order valence-electron chi connectivity index (χ3n) is 4.80. The maximum absolute atomic E-state index is 12.4. The Morgan fingerprint density at radius 2 is 1.92 bits per heavy atom. The molecule has 142 valence electrons. The Balaban J connectivity index is 0.00000156. The van der Waals surface area contributed by atoms with Crippen LogP contribution < -0.4 is 5.32 Å². The van der Waals surface area contributed by atoms with Gasteiger partial charge in [0.05, 0.1) is 13.2 Å². The van der Waals surface area contributed by atoms with Crippen molar-refractivity contribution in [3.05, 3.63) is 35.4 Å². The fraction of sp³-hybridized carbons (Fsp3) is 0.611. The molecule has 2 fully saturated rings. The summed E-state index contributed by atoms with van der Waals surface area (Å²) in [6, 6.07) is 8.72. The van der Waals surface area contributed by atoms with Crippen LogP contribution in [0.5, 0.6) is 0 Å². The molecule has 2 heterocycles. The lowest BCUT2D eigenvalue weighted by atomic mass is 10.1. The van der Waals surface area contributed by atoms with Gasteiger partial charge in [-0.2, -0.15) is 0 Å². The van der Waals surface area contributed by atoms with Crippen LogP contribution in [-0.2, 0) is 16.1 Å². The van der Waals surface area contributed by atoms with Crippen LogP contribution in [0.15, 0.2) is 24.3 Å². The number of piperazine rings is 1. The maximum atomic E-state index is 12.4. The molecule has 0 bridgehead atoms. The van der Waals surface area contributed by atoms with Crippen molar-refractivity contribution < 1.29 is 9.53 Å². The average Bonchev–Trinajstić information content (AvgIpc) is 2.58. The number of halogens is 2. The van der Waals surface area contributed by atoms with Crippen molar-refractivity contribution in [2.45, 2.75) is 25.9 Å². The molecule has 0 aromatic heterocycles. The van der Waals surface area contributed by atoms with E-state index in [1.165, 1.54) is 11.1 Å². The quantitative estimate of drug-likeness (QED) is 0.853. The molecule has 7 heteroatoms. The summed E-state index contributed by atoms with van der Waals surface area (Å²) in [5.41, 5.74) is 2.73. The highest BCUT2D eigenvalue weighted by Gasteiger charge is 2.24. The van der Waals surface area contributed by atoms with Gasteiger partial charge in [0.2, 0.25) is 5.91 Å². The van der Waals surface area contributed by atoms with E-state index in [4.69, 9.17) is 4.74 Å². The summed E-state index contributed by atoms with van der Waals surface area (Å²) < 4.78 is 5.42. The molecule has 1 N–H and O–H groups in total. The van der Waals surface area contributed by atoms with Crippen LogP contribution in [0.3, 0.4) is 0 Å². The van der Waals surface area contributed by atoms with Crippen LogP contribution in [0.25, 0.3) is 0 Å². The van der Waals surface area contributed by atoms with E-state index < -0.39 is 0 Å². The van der Waals surface area contributed by atoms with E-state index in [1.807, 2.05) is 4.90 Å². The summed E-state index contributed by atoms with van der Waals surface area (Å²) in [6.07, 6.45) is 0.553. The van der Waals surface area contributed by atoms with Crippen molar-refractivity contribution in [1.82, 2.24) is 15.1 Å². The molecule has 1 atom stereocenters. The van der Waals surface area contributed by atoms with E-state index >= 15 is 0 Å². The van der Waals surface area contributed by atoms with Crippen LogP contribution in [0, 0.1) is 6.92 Å². The number of ether oxygens (including phenoxy) is 1. The Hall–Kier alpha value is -0.850. The minimum atomic E-state index is 0. The Morgan fingerprint density at radius 3 is 2.56 bits per heavy atom. The summed E-state index contributed by atoms with van der Waals surface area (Å²) >= 11 is 0. The number of amides is 1. The number of rotatable bonds is 4. The van der Waals surface area contributed by atoms with Crippen molar-refractivity contribution >= 4 is 30.7 Å². The molecule has 2 aliphatic rings. The zero-order chi connectivity index (χ0) is 16.1. The van der Waals surface area contributed by atoms with Crippen LogP contribution >= 0.6 is 24.8 Å². The number of nitrogens with zero attached hydrogens (tertiary/aromatic N) is 2. The van der Waals surface area contributed by atoms with Gasteiger partial charge in [0.15, 0.2) is 0 Å². The zero-order valence-electron chi connectivity index (χ0n) is 14.8. The Labute approximate surface area is 162 Å². The first kappa shape index (κ1) is 22.2. The fourth-order valence-electron chi connectivity index (χ4n) is 3.27. The zero-order valence-corrected chi connectivity index (χ0v) is 16.4. The van der Waals surface area contributed by atoms with Gasteiger partial charge in [-0.05, 0) is 18.1 Å². The van der Waals surface area contributed by atoms with E-state index in [2.05, 4.69) is 41.4 Å². The summed E-state index contributed by atoms with van der Waals surface area (Å²) in [4.78, 5) is 16.8. The topological polar surface area (TPSA) is 44.8 Å². The minimum Gasteiger partial charge on any atom is -0.378 e. The number of benzene rings is 1. The molecule has 1 unspecified atom stereocenters. The van der Waals surface area contributed by atoms with Crippen LogP contribution in [-0.4, -0.2) is 67.7 Å². The molecular weight excluding hydrogens is 361 g/mol. The minimum absolute atomic E-state index is 0. The molecule has 5 nitrogen and oxygen atoms in total. The molecular formula is C18H29Cl2N3O2. The molecule has 25 heavy (non-hydrogen) atoms. The van der Waals surface area contributed by atoms with E-state index in [1.54, 1.807) is 0 Å². The number of morpholine rings is 1. The van der Waals surface area contributed by atoms with Crippen molar-refractivity contribution in [2.75, 3.05) is 45.9 Å². The van der Waals surface area contributed by atoms with Crippen LogP contribution in [0.2, 0.25) is 0 Å². The van der Waals surface area contributed by atoms with Gasteiger partial charge >= 0.3 is 0 Å². The highest BCUT2D eigenvalue weighted by Crippen LogP contribution is 2.13. The summed E-state index contributed by atoms with van der Waals surface area (Å²) in [5, 5.41) is 3.35. The normalized spacial score (nSPS) is 21.2. The first-order chi connectivity index (χ1) is 11.2. The number of aryl methyl sites for hydroxylation is 1. The maximum Gasteiger partial charge on any atom is 0.224 e. The first-order valence-corrected chi connectivity index (χ1v) is 8.58. The third-order valence-corrected chi connectivity index (χ3v) is 4.80. The van der Waals surface area contributed by atoms with Crippen LogP contribution in [0.1, 0.15) is 17.5 Å². The molecule has 0 spiro atoms. The van der Waals surface area contributed by atoms with Gasteiger partial charge in [-0.15, -0.1) is 24.8 Å². The number of carbonyl (C=O) groups is 1. The predicted molar refractivity (Wildman–Crippen MR) is 105 cm³/mol. The lowest BCUT2D eigenvalue weighted by Gasteiger charge is -2.36. The number of hydrogen-bond donors (Lipinski definition) is 1. The molecule has 1 amide bonds. The summed E-state index contributed by atoms with van der Waals surface area (Å²) in [6.45, 7) is 8.96. The Kier molecular flexibility index (Phi) is 9.75. The highest BCUT2D eigenvalue weighted by atomic mass is 35.5. The van der Waals surface area contributed by atoms with Gasteiger partial charge in [-0.3, -0.25) is 9.69 Å². The SMILES string of the molecule is Cc1ccccc1CN1CCN(C(=O)CC2COCCN2)CC1.Cl.Cl. The molecule has 2 saturated heterocycles. The Bertz CT molecular complexity index is 531. The monoisotopic (exact) mass is 389 g/mol. The first-order valence-electron chi connectivity index (χ1n) is 8.58. The summed E-state index contributed by atoms with van der Waals surface area (Å²) in [5.74, 6) is 0.253. The second kappa shape index (κ2) is 11.0. The van der Waals surface area contributed by atoms with Gasteiger partial charge in [0.25, 0.3) is 0 Å². The number of carbonyl (C=O) groups excluding carboxylic acids is 1. The van der Waals surface area contributed by atoms with Crippen molar-refractivity contribution in [2.24, 2.45) is 0 Å². The molecule has 0 aliphatic carbocycles. The van der Waals surface area contributed by atoms with Gasteiger partial charge in [0, 0.05) is 51.7 Å². The second-order valence-corrected chi connectivity index (χ2v) is 6.51. The van der Waals surface area contributed by atoms with E-state index in [9.17, 15) is 4.79 Å². The fourth-order valence-corrected chi connectivity index (χ4v) is 3.27. The van der Waals surface area contributed by atoms with Gasteiger partial charge in [0.1, 0.15) is 0 Å². The van der Waals surface area contributed by atoms with Crippen LogP contribution in [0.4, 0.5) is 0 Å². The standard InChI is InChI=1S/C18H27N3O2.2ClH/c1-15-4-2-3-5-16(15)13-20-7-9-21(10-8-20)18(22)12-17-14-23-11-6-19-17;;/h2-5,17,19H,6-14H2,1H3;2*1H. The van der Waals surface area contributed by atoms with E-state index in [0.717, 1.165) is 45.9 Å². The van der Waals surface area contributed by atoms with Crippen molar-refractivity contribution in [3.8, 4) is 0 Å².